The Hall–Kier alpha value is -3.07. The van der Waals surface area contributed by atoms with Gasteiger partial charge in [-0.1, -0.05) is 55.5 Å². The summed E-state index contributed by atoms with van der Waals surface area (Å²) in [5.74, 6) is 1.23. The summed E-state index contributed by atoms with van der Waals surface area (Å²) in [6.45, 7) is 8.61. The summed E-state index contributed by atoms with van der Waals surface area (Å²) >= 11 is 0. The number of fused-ring (bicyclic) bond motifs is 1. The zero-order chi connectivity index (χ0) is 19.0. The number of anilines is 2. The Labute approximate surface area is 160 Å². The van der Waals surface area contributed by atoms with Crippen LogP contribution in [-0.4, -0.2) is 9.38 Å². The molecule has 2 aromatic heterocycles. The van der Waals surface area contributed by atoms with Crippen LogP contribution in [0.15, 0.2) is 66.9 Å². The number of pyridine rings is 1. The lowest BCUT2D eigenvalue weighted by molar-refractivity contribution is 0.888. The molecule has 0 spiro atoms. The maximum atomic E-state index is 5.01. The van der Waals surface area contributed by atoms with Crippen LogP contribution < -0.4 is 5.32 Å². The van der Waals surface area contributed by atoms with Crippen molar-refractivity contribution in [2.24, 2.45) is 0 Å². The smallest absolute Gasteiger partial charge is 0.139 e. The van der Waals surface area contributed by atoms with E-state index in [1.807, 2.05) is 0 Å². The molecule has 1 atom stereocenters. The van der Waals surface area contributed by atoms with Gasteiger partial charge in [-0.2, -0.15) is 0 Å². The molecule has 2 aromatic carbocycles. The highest BCUT2D eigenvalue weighted by atomic mass is 15.1. The summed E-state index contributed by atoms with van der Waals surface area (Å²) in [6, 6.07) is 21.2. The maximum absolute atomic E-state index is 5.01. The molecule has 0 unspecified atom stereocenters. The minimum absolute atomic E-state index is 0.193. The summed E-state index contributed by atoms with van der Waals surface area (Å²) in [4.78, 5) is 5.01. The van der Waals surface area contributed by atoms with Gasteiger partial charge in [-0.25, -0.2) is 4.98 Å². The fraction of sp³-hybridized carbons (Fsp3) is 0.208. The van der Waals surface area contributed by atoms with Gasteiger partial charge >= 0.3 is 0 Å². The molecular weight excluding hydrogens is 330 g/mol. The van der Waals surface area contributed by atoms with Gasteiger partial charge in [0.2, 0.25) is 0 Å². The molecule has 0 fully saturated rings. The summed E-state index contributed by atoms with van der Waals surface area (Å²) in [7, 11) is 0. The Morgan fingerprint density at radius 1 is 0.889 bits per heavy atom. The van der Waals surface area contributed by atoms with Crippen molar-refractivity contribution < 1.29 is 0 Å². The van der Waals surface area contributed by atoms with E-state index in [1.165, 1.54) is 22.3 Å². The lowest BCUT2D eigenvalue weighted by atomic mass is 9.97. The van der Waals surface area contributed by atoms with E-state index in [2.05, 4.69) is 104 Å². The first kappa shape index (κ1) is 17.3. The third kappa shape index (κ3) is 3.21. The number of benzene rings is 2. The van der Waals surface area contributed by atoms with Gasteiger partial charge in [-0.3, -0.25) is 4.40 Å². The van der Waals surface area contributed by atoms with Crippen molar-refractivity contribution in [3.8, 4) is 0 Å². The van der Waals surface area contributed by atoms with Crippen molar-refractivity contribution in [3.05, 3.63) is 94.8 Å². The predicted molar refractivity (Wildman–Crippen MR) is 113 cm³/mol. The topological polar surface area (TPSA) is 29.3 Å². The molecule has 136 valence electrons. The molecule has 3 nitrogen and oxygen atoms in total. The molecule has 0 aliphatic carbocycles. The van der Waals surface area contributed by atoms with Crippen LogP contribution in [0.2, 0.25) is 0 Å². The van der Waals surface area contributed by atoms with E-state index in [4.69, 9.17) is 4.98 Å². The number of rotatable bonds is 4. The minimum atomic E-state index is 0.193. The van der Waals surface area contributed by atoms with Crippen LogP contribution in [0.1, 0.15) is 40.8 Å². The number of aryl methyl sites for hydroxylation is 3. The zero-order valence-electron chi connectivity index (χ0n) is 16.3. The van der Waals surface area contributed by atoms with Gasteiger partial charge in [0.05, 0.1) is 5.69 Å². The number of hydrogen-bond donors (Lipinski definition) is 1. The van der Waals surface area contributed by atoms with Gasteiger partial charge < -0.3 is 5.32 Å². The number of aromatic nitrogens is 2. The van der Waals surface area contributed by atoms with E-state index in [0.29, 0.717) is 0 Å². The number of nitrogens with zero attached hydrogens (tertiary/aromatic N) is 2. The second-order valence-corrected chi connectivity index (χ2v) is 7.30. The number of imidazole rings is 1. The van der Waals surface area contributed by atoms with Crippen LogP contribution in [0.4, 0.5) is 11.5 Å². The van der Waals surface area contributed by atoms with Gasteiger partial charge in [-0.05, 0) is 55.2 Å². The van der Waals surface area contributed by atoms with Crippen LogP contribution in [0.25, 0.3) is 5.65 Å². The first-order chi connectivity index (χ1) is 13.0. The molecule has 3 heteroatoms. The van der Waals surface area contributed by atoms with E-state index < -0.39 is 0 Å². The molecule has 0 aliphatic heterocycles. The number of nitrogens with one attached hydrogen (secondary N) is 1. The largest absolute Gasteiger partial charge is 0.339 e. The Balaban J connectivity index is 1.89. The molecule has 0 amide bonds. The molecule has 0 radical (unpaired) electrons. The average Bonchev–Trinajstić information content (AvgIpc) is 3.02. The molecular formula is C24H25N3. The van der Waals surface area contributed by atoms with E-state index in [1.54, 1.807) is 0 Å². The molecule has 0 saturated heterocycles. The monoisotopic (exact) mass is 355 g/mol. The van der Waals surface area contributed by atoms with Gasteiger partial charge in [0.15, 0.2) is 0 Å². The summed E-state index contributed by atoms with van der Waals surface area (Å²) in [5.41, 5.74) is 8.13. The first-order valence-corrected chi connectivity index (χ1v) is 9.41. The van der Waals surface area contributed by atoms with Crippen molar-refractivity contribution in [1.29, 1.82) is 0 Å². The summed E-state index contributed by atoms with van der Waals surface area (Å²) < 4.78 is 2.16. The third-order valence-corrected chi connectivity index (χ3v) is 5.24. The SMILES string of the molecule is Cc1ccn2c(Nc3c(C)cccc3C)c([C@@H](C)c3ccccc3)nc2c1. The van der Waals surface area contributed by atoms with E-state index in [-0.39, 0.29) is 5.92 Å². The second-order valence-electron chi connectivity index (χ2n) is 7.30. The fourth-order valence-electron chi connectivity index (χ4n) is 3.62. The summed E-state index contributed by atoms with van der Waals surface area (Å²) in [6.07, 6.45) is 2.11. The Bertz CT molecular complexity index is 1070. The zero-order valence-corrected chi connectivity index (χ0v) is 16.3. The molecule has 0 bridgehead atoms. The maximum Gasteiger partial charge on any atom is 0.139 e. The van der Waals surface area contributed by atoms with Crippen molar-refractivity contribution in [3.63, 3.8) is 0 Å². The van der Waals surface area contributed by atoms with Crippen molar-refractivity contribution in [2.45, 2.75) is 33.6 Å². The Morgan fingerprint density at radius 2 is 1.59 bits per heavy atom. The Kier molecular flexibility index (Phi) is 4.44. The first-order valence-electron chi connectivity index (χ1n) is 9.41. The van der Waals surface area contributed by atoms with Crippen LogP contribution in [0, 0.1) is 20.8 Å². The number of para-hydroxylation sites is 1. The Morgan fingerprint density at radius 3 is 2.30 bits per heavy atom. The van der Waals surface area contributed by atoms with Crippen LogP contribution in [0.5, 0.6) is 0 Å². The normalized spacial score (nSPS) is 12.3. The molecule has 27 heavy (non-hydrogen) atoms. The number of hydrogen-bond acceptors (Lipinski definition) is 2. The van der Waals surface area contributed by atoms with Crippen molar-refractivity contribution in [1.82, 2.24) is 9.38 Å². The van der Waals surface area contributed by atoms with Crippen molar-refractivity contribution in [2.75, 3.05) is 5.32 Å². The quantitative estimate of drug-likeness (QED) is 0.475. The summed E-state index contributed by atoms with van der Waals surface area (Å²) in [5, 5.41) is 3.70. The van der Waals surface area contributed by atoms with Gasteiger partial charge in [0, 0.05) is 17.8 Å². The molecule has 2 heterocycles. The standard InChI is InChI=1S/C24H25N3/c1-16-13-14-27-21(15-16)25-23(19(4)20-11-6-5-7-12-20)24(27)26-22-17(2)9-8-10-18(22)3/h5-15,19,26H,1-4H3/t19-/m0/s1. The van der Waals surface area contributed by atoms with E-state index in [9.17, 15) is 0 Å². The fourth-order valence-corrected chi connectivity index (χ4v) is 3.62. The minimum Gasteiger partial charge on any atom is -0.339 e. The molecule has 0 aliphatic rings. The highest BCUT2D eigenvalue weighted by Crippen LogP contribution is 2.34. The average molecular weight is 355 g/mol. The van der Waals surface area contributed by atoms with E-state index in [0.717, 1.165) is 22.8 Å². The highest BCUT2D eigenvalue weighted by molar-refractivity contribution is 5.70. The lowest BCUT2D eigenvalue weighted by Gasteiger charge is -2.16. The van der Waals surface area contributed by atoms with E-state index >= 15 is 0 Å². The second kappa shape index (κ2) is 6.92. The highest BCUT2D eigenvalue weighted by Gasteiger charge is 2.20. The van der Waals surface area contributed by atoms with Crippen molar-refractivity contribution >= 4 is 17.2 Å². The lowest BCUT2D eigenvalue weighted by Crippen LogP contribution is -2.05. The third-order valence-electron chi connectivity index (χ3n) is 5.24. The predicted octanol–water partition coefficient (Wildman–Crippen LogP) is 6.15. The molecule has 4 aromatic rings. The van der Waals surface area contributed by atoms with Gasteiger partial charge in [0.1, 0.15) is 11.5 Å². The van der Waals surface area contributed by atoms with Gasteiger partial charge in [-0.15, -0.1) is 0 Å². The molecule has 0 saturated carbocycles. The van der Waals surface area contributed by atoms with Crippen LogP contribution in [-0.2, 0) is 0 Å². The molecule has 1 N–H and O–H groups in total. The molecule has 4 rings (SSSR count). The van der Waals surface area contributed by atoms with Crippen LogP contribution >= 0.6 is 0 Å². The van der Waals surface area contributed by atoms with Crippen LogP contribution in [0.3, 0.4) is 0 Å². The van der Waals surface area contributed by atoms with Gasteiger partial charge in [0.25, 0.3) is 0 Å².